The molecule has 4 heteroatoms. The normalized spacial score (nSPS) is 12.5. The molecule has 0 bridgehead atoms. The number of hydrogen-bond donors (Lipinski definition) is 2. The highest BCUT2D eigenvalue weighted by atomic mass is 35.5. The van der Waals surface area contributed by atoms with Crippen LogP contribution < -0.4 is 11.3 Å². The maximum Gasteiger partial charge on any atom is 0.0506 e. The molecule has 0 fully saturated rings. The highest BCUT2D eigenvalue weighted by Crippen LogP contribution is 2.29. The van der Waals surface area contributed by atoms with E-state index in [4.69, 9.17) is 29.0 Å². The monoisotopic (exact) mass is 322 g/mol. The van der Waals surface area contributed by atoms with Gasteiger partial charge in [0.15, 0.2) is 0 Å². The molecule has 0 spiro atoms. The van der Waals surface area contributed by atoms with Crippen LogP contribution in [0, 0.1) is 20.8 Å². The third-order valence-electron chi connectivity index (χ3n) is 3.73. The molecule has 0 aromatic heterocycles. The van der Waals surface area contributed by atoms with Gasteiger partial charge in [-0.15, -0.1) is 0 Å². The van der Waals surface area contributed by atoms with Crippen molar-refractivity contribution >= 4 is 23.2 Å². The van der Waals surface area contributed by atoms with Crippen LogP contribution >= 0.6 is 23.2 Å². The molecular weight excluding hydrogens is 303 g/mol. The molecular formula is C17H20Cl2N2. The van der Waals surface area contributed by atoms with Crippen LogP contribution in [0.25, 0.3) is 0 Å². The predicted octanol–water partition coefficient (Wildman–Crippen LogP) is 4.67. The summed E-state index contributed by atoms with van der Waals surface area (Å²) in [5, 5.41) is 1.31. The topological polar surface area (TPSA) is 38.0 Å². The molecule has 0 heterocycles. The first-order valence-corrected chi connectivity index (χ1v) is 7.65. The Morgan fingerprint density at radius 3 is 2.19 bits per heavy atom. The quantitative estimate of drug-likeness (QED) is 0.634. The second-order valence-corrected chi connectivity index (χ2v) is 6.32. The van der Waals surface area contributed by atoms with E-state index in [1.165, 1.54) is 22.3 Å². The van der Waals surface area contributed by atoms with Crippen molar-refractivity contribution in [2.24, 2.45) is 5.84 Å². The zero-order chi connectivity index (χ0) is 15.6. The number of benzene rings is 2. The first-order chi connectivity index (χ1) is 9.92. The van der Waals surface area contributed by atoms with Crippen LogP contribution in [0.3, 0.4) is 0 Å². The first kappa shape index (κ1) is 16.3. The Morgan fingerprint density at radius 1 is 1.05 bits per heavy atom. The molecule has 0 aliphatic rings. The van der Waals surface area contributed by atoms with Gasteiger partial charge in [-0.25, -0.2) is 0 Å². The van der Waals surface area contributed by atoms with Gasteiger partial charge in [0.05, 0.1) is 6.04 Å². The van der Waals surface area contributed by atoms with Crippen LogP contribution in [0.15, 0.2) is 30.3 Å². The zero-order valence-corrected chi connectivity index (χ0v) is 14.0. The van der Waals surface area contributed by atoms with Gasteiger partial charge in [-0.3, -0.25) is 11.3 Å². The van der Waals surface area contributed by atoms with Crippen LogP contribution in [0.1, 0.15) is 33.9 Å². The third kappa shape index (κ3) is 3.78. The van der Waals surface area contributed by atoms with Gasteiger partial charge in [-0.2, -0.15) is 0 Å². The van der Waals surface area contributed by atoms with Crippen molar-refractivity contribution in [3.8, 4) is 0 Å². The van der Waals surface area contributed by atoms with Gasteiger partial charge in [0, 0.05) is 10.0 Å². The van der Waals surface area contributed by atoms with Crippen molar-refractivity contribution in [2.75, 3.05) is 0 Å². The van der Waals surface area contributed by atoms with Gasteiger partial charge in [0.2, 0.25) is 0 Å². The lowest BCUT2D eigenvalue weighted by atomic mass is 9.91. The molecule has 0 radical (unpaired) electrons. The number of aryl methyl sites for hydroxylation is 3. The molecule has 0 saturated carbocycles. The molecule has 1 atom stereocenters. The molecule has 2 aromatic carbocycles. The number of nitrogens with two attached hydrogens (primary N) is 1. The Balaban J connectivity index is 2.37. The van der Waals surface area contributed by atoms with E-state index in [0.717, 1.165) is 12.0 Å². The van der Waals surface area contributed by atoms with Crippen molar-refractivity contribution in [3.63, 3.8) is 0 Å². The third-order valence-corrected chi connectivity index (χ3v) is 4.31. The highest BCUT2D eigenvalue weighted by molar-refractivity contribution is 6.35. The largest absolute Gasteiger partial charge is 0.271 e. The van der Waals surface area contributed by atoms with Gasteiger partial charge in [-0.05, 0) is 61.6 Å². The fourth-order valence-electron chi connectivity index (χ4n) is 2.89. The molecule has 2 rings (SSSR count). The maximum atomic E-state index is 6.27. The summed E-state index contributed by atoms with van der Waals surface area (Å²) in [6.07, 6.45) is 0.719. The second-order valence-electron chi connectivity index (χ2n) is 5.47. The van der Waals surface area contributed by atoms with E-state index in [1.54, 1.807) is 6.07 Å². The molecule has 2 nitrogen and oxygen atoms in total. The summed E-state index contributed by atoms with van der Waals surface area (Å²) >= 11 is 12.2. The number of hydrogen-bond acceptors (Lipinski definition) is 2. The SMILES string of the molecule is Cc1cc(C)c(C(Cc2ccc(Cl)cc2Cl)NN)c(C)c1. The minimum Gasteiger partial charge on any atom is -0.271 e. The van der Waals surface area contributed by atoms with Crippen molar-refractivity contribution in [1.82, 2.24) is 5.43 Å². The summed E-state index contributed by atoms with van der Waals surface area (Å²) in [6.45, 7) is 6.33. The van der Waals surface area contributed by atoms with Gasteiger partial charge in [0.1, 0.15) is 0 Å². The van der Waals surface area contributed by atoms with Crippen LogP contribution in [0.4, 0.5) is 0 Å². The standard InChI is InChI=1S/C17H20Cl2N2/c1-10-6-11(2)17(12(3)7-10)16(21-20)8-13-4-5-14(18)9-15(13)19/h4-7,9,16,21H,8,20H2,1-3H3. The van der Waals surface area contributed by atoms with E-state index in [2.05, 4.69) is 38.3 Å². The Hall–Kier alpha value is -1.06. The van der Waals surface area contributed by atoms with Crippen molar-refractivity contribution < 1.29 is 0 Å². The number of hydrazine groups is 1. The van der Waals surface area contributed by atoms with E-state index < -0.39 is 0 Å². The molecule has 2 aromatic rings. The van der Waals surface area contributed by atoms with E-state index in [9.17, 15) is 0 Å². The molecule has 21 heavy (non-hydrogen) atoms. The minimum absolute atomic E-state index is 0.0178. The summed E-state index contributed by atoms with van der Waals surface area (Å²) in [6, 6.07) is 9.94. The lowest BCUT2D eigenvalue weighted by Gasteiger charge is -2.22. The van der Waals surface area contributed by atoms with Gasteiger partial charge in [-0.1, -0.05) is 47.0 Å². The fraction of sp³-hybridized carbons (Fsp3) is 0.294. The van der Waals surface area contributed by atoms with Gasteiger partial charge in [0.25, 0.3) is 0 Å². The summed E-state index contributed by atoms with van der Waals surface area (Å²) in [5.41, 5.74) is 8.91. The van der Waals surface area contributed by atoms with Crippen LogP contribution in [0.2, 0.25) is 10.0 Å². The Morgan fingerprint density at radius 2 is 1.67 bits per heavy atom. The molecule has 0 aliphatic heterocycles. The Kier molecular flexibility index (Phi) is 5.28. The van der Waals surface area contributed by atoms with E-state index >= 15 is 0 Å². The van der Waals surface area contributed by atoms with E-state index in [0.29, 0.717) is 10.0 Å². The predicted molar refractivity (Wildman–Crippen MR) is 90.9 cm³/mol. The number of rotatable bonds is 4. The van der Waals surface area contributed by atoms with Crippen molar-refractivity contribution in [1.29, 1.82) is 0 Å². The maximum absolute atomic E-state index is 6.27. The van der Waals surface area contributed by atoms with Crippen molar-refractivity contribution in [3.05, 3.63) is 68.2 Å². The average Bonchev–Trinajstić information content (AvgIpc) is 2.39. The Labute approximate surface area is 136 Å². The first-order valence-electron chi connectivity index (χ1n) is 6.90. The fourth-order valence-corrected chi connectivity index (χ4v) is 3.38. The van der Waals surface area contributed by atoms with Crippen LogP contribution in [-0.4, -0.2) is 0 Å². The second kappa shape index (κ2) is 6.80. The number of nitrogens with one attached hydrogen (secondary N) is 1. The van der Waals surface area contributed by atoms with E-state index in [-0.39, 0.29) is 6.04 Å². The van der Waals surface area contributed by atoms with Gasteiger partial charge >= 0.3 is 0 Å². The molecule has 3 N–H and O–H groups in total. The van der Waals surface area contributed by atoms with Crippen LogP contribution in [-0.2, 0) is 6.42 Å². The summed E-state index contributed by atoms with van der Waals surface area (Å²) in [4.78, 5) is 0. The lowest BCUT2D eigenvalue weighted by Crippen LogP contribution is -2.30. The summed E-state index contributed by atoms with van der Waals surface area (Å²) < 4.78 is 0. The molecule has 0 saturated heterocycles. The summed E-state index contributed by atoms with van der Waals surface area (Å²) in [5.74, 6) is 5.79. The van der Waals surface area contributed by atoms with Crippen LogP contribution in [0.5, 0.6) is 0 Å². The van der Waals surface area contributed by atoms with Crippen molar-refractivity contribution in [2.45, 2.75) is 33.2 Å². The highest BCUT2D eigenvalue weighted by Gasteiger charge is 2.17. The number of halogens is 2. The molecule has 112 valence electrons. The average molecular weight is 323 g/mol. The smallest absolute Gasteiger partial charge is 0.0506 e. The molecule has 0 aliphatic carbocycles. The minimum atomic E-state index is 0.0178. The Bertz CT molecular complexity index is 630. The summed E-state index contributed by atoms with van der Waals surface area (Å²) in [7, 11) is 0. The van der Waals surface area contributed by atoms with Gasteiger partial charge < -0.3 is 0 Å². The van der Waals surface area contributed by atoms with E-state index in [1.807, 2.05) is 12.1 Å². The molecule has 1 unspecified atom stereocenters. The lowest BCUT2D eigenvalue weighted by molar-refractivity contribution is 0.546. The molecule has 0 amide bonds. The zero-order valence-electron chi connectivity index (χ0n) is 12.5.